The Hall–Kier alpha value is -3.27. The Bertz CT molecular complexity index is 1060. The van der Waals surface area contributed by atoms with Crippen molar-refractivity contribution in [2.75, 3.05) is 0 Å². The van der Waals surface area contributed by atoms with E-state index in [4.69, 9.17) is 0 Å². The van der Waals surface area contributed by atoms with Crippen molar-refractivity contribution >= 4 is 0 Å². The highest BCUT2D eigenvalue weighted by molar-refractivity contribution is 5.67. The number of aromatic nitrogens is 4. The van der Waals surface area contributed by atoms with E-state index in [9.17, 15) is 0 Å². The fraction of sp³-hybridized carbons (Fsp3) is 0.321. The zero-order valence-electron chi connectivity index (χ0n) is 18.7. The Morgan fingerprint density at radius 3 is 2.19 bits per heavy atom. The van der Waals surface area contributed by atoms with Crippen LogP contribution in [-0.2, 0) is 13.0 Å². The molecule has 0 spiro atoms. The first kappa shape index (κ1) is 21.9. The monoisotopic (exact) mass is 424 g/mol. The molecule has 32 heavy (non-hydrogen) atoms. The summed E-state index contributed by atoms with van der Waals surface area (Å²) in [7, 11) is 0. The summed E-state index contributed by atoms with van der Waals surface area (Å²) in [5.41, 5.74) is 6.09. The number of hydrogen-bond donors (Lipinski definition) is 0. The Morgan fingerprint density at radius 1 is 0.656 bits per heavy atom. The van der Waals surface area contributed by atoms with Gasteiger partial charge in [0.2, 0.25) is 0 Å². The first-order chi connectivity index (χ1) is 15.9. The van der Waals surface area contributed by atoms with Crippen molar-refractivity contribution in [3.63, 3.8) is 0 Å². The Balaban J connectivity index is 1.09. The van der Waals surface area contributed by atoms with Crippen LogP contribution in [0.15, 0.2) is 85.3 Å². The molecular weight excluding hydrogens is 392 g/mol. The first-order valence-corrected chi connectivity index (χ1v) is 11.8. The largest absolute Gasteiger partial charge is 0.264 e. The van der Waals surface area contributed by atoms with E-state index in [0.29, 0.717) is 0 Å². The number of rotatable bonds is 12. The molecular formula is C28H32N4. The molecule has 0 atom stereocenters. The summed E-state index contributed by atoms with van der Waals surface area (Å²) < 4.78 is 1.95. The molecule has 0 aliphatic rings. The molecule has 2 aromatic carbocycles. The van der Waals surface area contributed by atoms with Crippen molar-refractivity contribution < 1.29 is 0 Å². The van der Waals surface area contributed by atoms with Gasteiger partial charge in [-0.25, -0.2) is 0 Å². The van der Waals surface area contributed by atoms with Gasteiger partial charge in [-0.05, 0) is 48.1 Å². The van der Waals surface area contributed by atoms with Crippen LogP contribution < -0.4 is 0 Å². The van der Waals surface area contributed by atoms with Crippen LogP contribution >= 0.6 is 0 Å². The number of hydrogen-bond acceptors (Lipinski definition) is 3. The minimum Gasteiger partial charge on any atom is -0.264 e. The van der Waals surface area contributed by atoms with E-state index in [0.717, 1.165) is 30.6 Å². The molecule has 164 valence electrons. The van der Waals surface area contributed by atoms with Crippen LogP contribution in [0.4, 0.5) is 0 Å². The van der Waals surface area contributed by atoms with Gasteiger partial charge in [-0.3, -0.25) is 9.67 Å². The quantitative estimate of drug-likeness (QED) is 0.230. The van der Waals surface area contributed by atoms with Gasteiger partial charge >= 0.3 is 0 Å². The van der Waals surface area contributed by atoms with Crippen LogP contribution in [0.25, 0.3) is 22.4 Å². The van der Waals surface area contributed by atoms with E-state index in [1.807, 2.05) is 29.2 Å². The minimum absolute atomic E-state index is 0.895. The third kappa shape index (κ3) is 6.36. The van der Waals surface area contributed by atoms with Gasteiger partial charge in [0.25, 0.3) is 0 Å². The lowest BCUT2D eigenvalue weighted by Gasteiger charge is -2.10. The average Bonchev–Trinajstić information content (AvgIpc) is 3.33. The Morgan fingerprint density at radius 2 is 1.38 bits per heavy atom. The zero-order chi connectivity index (χ0) is 21.8. The summed E-state index contributed by atoms with van der Waals surface area (Å²) in [5.74, 6) is 0. The molecule has 4 rings (SSSR count). The van der Waals surface area contributed by atoms with E-state index in [1.165, 1.54) is 55.2 Å². The number of unbranched alkanes of at least 4 members (excludes halogenated alkanes) is 6. The molecule has 4 aromatic rings. The topological polar surface area (TPSA) is 43.6 Å². The van der Waals surface area contributed by atoms with Crippen LogP contribution in [0.1, 0.15) is 50.5 Å². The fourth-order valence-electron chi connectivity index (χ4n) is 4.17. The lowest BCUT2D eigenvalue weighted by molar-refractivity contribution is 0.511. The zero-order valence-corrected chi connectivity index (χ0v) is 18.7. The number of pyridine rings is 1. The molecule has 0 aliphatic heterocycles. The molecule has 4 nitrogen and oxygen atoms in total. The summed E-state index contributed by atoms with van der Waals surface area (Å²) in [6.07, 6.45) is 15.7. The van der Waals surface area contributed by atoms with Crippen molar-refractivity contribution in [1.29, 1.82) is 0 Å². The standard InChI is InChI=1S/C28H32N4/c1(3-5-12-21-32-23-28(30-31-32)26-18-13-20-29-22-26)2-4-7-14-25-17-10-11-19-27(25)24-15-8-6-9-16-24/h6,8-11,13,15-20,22-23H,1-5,7,12,14,21H2. The minimum atomic E-state index is 0.895. The van der Waals surface area contributed by atoms with E-state index in [2.05, 4.69) is 69.9 Å². The van der Waals surface area contributed by atoms with Crippen molar-refractivity contribution in [3.05, 3.63) is 90.9 Å². The van der Waals surface area contributed by atoms with Crippen molar-refractivity contribution in [3.8, 4) is 22.4 Å². The summed E-state index contributed by atoms with van der Waals surface area (Å²) in [5, 5.41) is 8.51. The SMILES string of the molecule is c1ccc(-c2ccccc2CCCCCCCCCn2cc(-c3cccnc3)nn2)cc1. The number of benzene rings is 2. The number of aryl methyl sites for hydroxylation is 2. The maximum absolute atomic E-state index is 4.26. The normalized spacial score (nSPS) is 11.0. The highest BCUT2D eigenvalue weighted by atomic mass is 15.4. The van der Waals surface area contributed by atoms with Gasteiger partial charge < -0.3 is 0 Å². The summed E-state index contributed by atoms with van der Waals surface area (Å²) in [6.45, 7) is 0.934. The van der Waals surface area contributed by atoms with Crippen molar-refractivity contribution in [2.45, 2.75) is 57.9 Å². The Labute approximate surface area is 191 Å². The highest BCUT2D eigenvalue weighted by Crippen LogP contribution is 2.25. The predicted molar refractivity (Wildman–Crippen MR) is 131 cm³/mol. The van der Waals surface area contributed by atoms with Crippen LogP contribution in [0.5, 0.6) is 0 Å². The smallest absolute Gasteiger partial charge is 0.114 e. The summed E-state index contributed by atoms with van der Waals surface area (Å²) in [6, 6.07) is 23.5. The fourth-order valence-corrected chi connectivity index (χ4v) is 4.17. The predicted octanol–water partition coefficient (Wildman–Crippen LogP) is 6.98. The second-order valence-electron chi connectivity index (χ2n) is 8.36. The summed E-state index contributed by atoms with van der Waals surface area (Å²) in [4.78, 5) is 4.15. The molecule has 0 amide bonds. The molecule has 0 saturated carbocycles. The molecule has 0 unspecified atom stereocenters. The van der Waals surface area contributed by atoms with E-state index < -0.39 is 0 Å². The highest BCUT2D eigenvalue weighted by Gasteiger charge is 2.05. The Kier molecular flexibility index (Phi) is 8.19. The lowest BCUT2D eigenvalue weighted by Crippen LogP contribution is -1.98. The van der Waals surface area contributed by atoms with E-state index in [1.54, 1.807) is 6.20 Å². The number of nitrogens with zero attached hydrogens (tertiary/aromatic N) is 4. The van der Waals surface area contributed by atoms with Gasteiger partial charge in [-0.1, -0.05) is 91.9 Å². The van der Waals surface area contributed by atoms with Crippen molar-refractivity contribution in [1.82, 2.24) is 20.0 Å². The first-order valence-electron chi connectivity index (χ1n) is 11.8. The van der Waals surface area contributed by atoms with Gasteiger partial charge in [0.1, 0.15) is 5.69 Å². The van der Waals surface area contributed by atoms with Gasteiger partial charge in [0.15, 0.2) is 0 Å². The van der Waals surface area contributed by atoms with Gasteiger partial charge in [-0.15, -0.1) is 5.10 Å². The van der Waals surface area contributed by atoms with Crippen molar-refractivity contribution in [2.24, 2.45) is 0 Å². The second-order valence-corrected chi connectivity index (χ2v) is 8.36. The molecule has 0 N–H and O–H groups in total. The van der Waals surface area contributed by atoms with Gasteiger partial charge in [0, 0.05) is 24.5 Å². The van der Waals surface area contributed by atoms with Gasteiger partial charge in [0.05, 0.1) is 6.20 Å². The maximum Gasteiger partial charge on any atom is 0.114 e. The molecule has 0 saturated heterocycles. The van der Waals surface area contributed by atoms with Crippen LogP contribution in [0, 0.1) is 0 Å². The lowest BCUT2D eigenvalue weighted by atomic mass is 9.95. The molecule has 0 fully saturated rings. The molecule has 4 heteroatoms. The molecule has 0 radical (unpaired) electrons. The van der Waals surface area contributed by atoms with Crippen LogP contribution in [-0.4, -0.2) is 20.0 Å². The van der Waals surface area contributed by atoms with Gasteiger partial charge in [-0.2, -0.15) is 0 Å². The maximum atomic E-state index is 4.26. The van der Waals surface area contributed by atoms with Crippen LogP contribution in [0.2, 0.25) is 0 Å². The third-order valence-corrected chi connectivity index (χ3v) is 5.93. The molecule has 2 heterocycles. The molecule has 2 aromatic heterocycles. The van der Waals surface area contributed by atoms with Crippen LogP contribution in [0.3, 0.4) is 0 Å². The second kappa shape index (κ2) is 11.9. The van der Waals surface area contributed by atoms with E-state index >= 15 is 0 Å². The summed E-state index contributed by atoms with van der Waals surface area (Å²) >= 11 is 0. The van der Waals surface area contributed by atoms with E-state index in [-0.39, 0.29) is 0 Å². The molecule has 0 aliphatic carbocycles. The average molecular weight is 425 g/mol. The molecule has 0 bridgehead atoms. The third-order valence-electron chi connectivity index (χ3n) is 5.93.